The maximum atomic E-state index is 12.5. The van der Waals surface area contributed by atoms with Crippen molar-refractivity contribution in [3.8, 4) is 5.75 Å². The van der Waals surface area contributed by atoms with Gasteiger partial charge in [-0.1, -0.05) is 6.92 Å². The van der Waals surface area contributed by atoms with Crippen molar-refractivity contribution in [1.82, 2.24) is 4.31 Å². The number of Topliss-reactive ketones (excluding diaryl/α,β-unsaturated/α-hetero) is 1. The minimum atomic E-state index is -3.15. The van der Waals surface area contributed by atoms with Crippen LogP contribution in [0.1, 0.15) is 36.5 Å². The molecule has 1 aromatic rings. The van der Waals surface area contributed by atoms with Gasteiger partial charge >= 0.3 is 0 Å². The highest BCUT2D eigenvalue weighted by atomic mass is 32.2. The Hall–Kier alpha value is -1.40. The third-order valence-corrected chi connectivity index (χ3v) is 6.13. The van der Waals surface area contributed by atoms with Gasteiger partial charge in [0.25, 0.3) is 0 Å². The molecule has 0 aromatic heterocycles. The van der Waals surface area contributed by atoms with Crippen LogP contribution in [0.5, 0.6) is 5.75 Å². The normalized spacial score (nSPS) is 17.4. The number of carbonyl (C=O) groups is 1. The Bertz CT molecular complexity index is 602. The summed E-state index contributed by atoms with van der Waals surface area (Å²) in [5, 5.41) is 0. The van der Waals surface area contributed by atoms with Crippen molar-refractivity contribution in [1.29, 1.82) is 0 Å². The monoisotopic (exact) mass is 325 g/mol. The van der Waals surface area contributed by atoms with E-state index < -0.39 is 10.0 Å². The molecule has 122 valence electrons. The number of sulfonamides is 1. The minimum Gasteiger partial charge on any atom is -0.497 e. The Morgan fingerprint density at radius 1 is 1.23 bits per heavy atom. The molecule has 6 heteroatoms. The first kappa shape index (κ1) is 17.0. The lowest BCUT2D eigenvalue weighted by molar-refractivity contribution is 0.0875. The molecular weight excluding hydrogens is 302 g/mol. The number of piperidine rings is 1. The maximum absolute atomic E-state index is 12.5. The number of ether oxygens (including phenoxy) is 1. The van der Waals surface area contributed by atoms with E-state index in [4.69, 9.17) is 4.74 Å². The number of rotatable bonds is 6. The van der Waals surface area contributed by atoms with E-state index in [1.165, 1.54) is 4.31 Å². The lowest BCUT2D eigenvalue weighted by Crippen LogP contribution is -2.41. The molecule has 0 N–H and O–H groups in total. The number of benzene rings is 1. The summed E-state index contributed by atoms with van der Waals surface area (Å²) in [6.45, 7) is 2.74. The Kier molecular flexibility index (Phi) is 5.58. The van der Waals surface area contributed by atoms with E-state index in [1.54, 1.807) is 31.4 Å². The first-order chi connectivity index (χ1) is 10.5. The summed E-state index contributed by atoms with van der Waals surface area (Å²) in [5.41, 5.74) is 0.663. The standard InChI is InChI=1S/C16H23NO4S/c1-3-12-22(19,20)17-10-8-14(9-11-17)16(18)13-4-6-15(21-2)7-5-13/h4-7,14H,3,8-12H2,1-2H3. The Balaban J connectivity index is 1.97. The molecule has 0 bridgehead atoms. The molecule has 1 aliphatic rings. The molecule has 0 atom stereocenters. The van der Waals surface area contributed by atoms with E-state index in [0.717, 1.165) is 5.75 Å². The molecule has 1 heterocycles. The Morgan fingerprint density at radius 3 is 2.32 bits per heavy atom. The summed E-state index contributed by atoms with van der Waals surface area (Å²) in [6, 6.07) is 7.07. The van der Waals surface area contributed by atoms with Crippen molar-refractivity contribution in [2.75, 3.05) is 26.0 Å². The minimum absolute atomic E-state index is 0.0928. The number of hydrogen-bond donors (Lipinski definition) is 0. The SMILES string of the molecule is CCCS(=O)(=O)N1CCC(C(=O)c2ccc(OC)cc2)CC1. The third kappa shape index (κ3) is 3.87. The molecule has 1 saturated heterocycles. The fraction of sp³-hybridized carbons (Fsp3) is 0.562. The van der Waals surface area contributed by atoms with Gasteiger partial charge in [-0.2, -0.15) is 0 Å². The van der Waals surface area contributed by atoms with Gasteiger partial charge in [-0.15, -0.1) is 0 Å². The van der Waals surface area contributed by atoms with E-state index >= 15 is 0 Å². The summed E-state index contributed by atoms with van der Waals surface area (Å²) in [7, 11) is -1.56. The van der Waals surface area contributed by atoms with Crippen molar-refractivity contribution in [3.63, 3.8) is 0 Å². The summed E-state index contributed by atoms with van der Waals surface area (Å²) in [6.07, 6.45) is 1.80. The second-order valence-corrected chi connectivity index (χ2v) is 7.67. The average molecular weight is 325 g/mol. The number of ketones is 1. The quantitative estimate of drug-likeness (QED) is 0.753. The largest absolute Gasteiger partial charge is 0.497 e. The lowest BCUT2D eigenvalue weighted by Gasteiger charge is -2.30. The highest BCUT2D eigenvalue weighted by Gasteiger charge is 2.30. The lowest BCUT2D eigenvalue weighted by atomic mass is 9.89. The molecule has 0 spiro atoms. The van der Waals surface area contributed by atoms with Crippen LogP contribution in [-0.2, 0) is 10.0 Å². The van der Waals surface area contributed by atoms with E-state index in [2.05, 4.69) is 0 Å². The Morgan fingerprint density at radius 2 is 1.82 bits per heavy atom. The van der Waals surface area contributed by atoms with Gasteiger partial charge < -0.3 is 4.74 Å². The van der Waals surface area contributed by atoms with E-state index in [0.29, 0.717) is 37.9 Å². The van der Waals surface area contributed by atoms with Crippen LogP contribution in [0.3, 0.4) is 0 Å². The first-order valence-corrected chi connectivity index (χ1v) is 9.25. The van der Waals surface area contributed by atoms with Gasteiger partial charge in [0.2, 0.25) is 10.0 Å². The molecule has 0 unspecified atom stereocenters. The topological polar surface area (TPSA) is 63.7 Å². The predicted molar refractivity (Wildman–Crippen MR) is 85.7 cm³/mol. The molecule has 0 radical (unpaired) electrons. The van der Waals surface area contributed by atoms with E-state index in [1.807, 2.05) is 6.92 Å². The molecule has 0 saturated carbocycles. The van der Waals surface area contributed by atoms with Gasteiger partial charge in [0, 0.05) is 24.6 Å². The molecular formula is C16H23NO4S. The summed E-state index contributed by atoms with van der Waals surface area (Å²) < 4.78 is 30.7. The van der Waals surface area contributed by atoms with Crippen LogP contribution < -0.4 is 4.74 Å². The van der Waals surface area contributed by atoms with Gasteiger partial charge in [-0.25, -0.2) is 12.7 Å². The van der Waals surface area contributed by atoms with Crippen molar-refractivity contribution in [2.24, 2.45) is 5.92 Å². The Labute approximate surface area is 132 Å². The zero-order chi connectivity index (χ0) is 16.2. The number of methoxy groups -OCH3 is 1. The molecule has 0 aliphatic carbocycles. The van der Waals surface area contributed by atoms with Crippen LogP contribution >= 0.6 is 0 Å². The van der Waals surface area contributed by atoms with Crippen LogP contribution in [0.25, 0.3) is 0 Å². The molecule has 0 amide bonds. The van der Waals surface area contributed by atoms with Gasteiger partial charge in [0.15, 0.2) is 5.78 Å². The molecule has 22 heavy (non-hydrogen) atoms. The number of nitrogens with zero attached hydrogens (tertiary/aromatic N) is 1. The second kappa shape index (κ2) is 7.24. The fourth-order valence-electron chi connectivity index (χ4n) is 2.77. The van der Waals surface area contributed by atoms with Gasteiger partial charge in [0.1, 0.15) is 5.75 Å². The van der Waals surface area contributed by atoms with Crippen LogP contribution in [0, 0.1) is 5.92 Å². The van der Waals surface area contributed by atoms with Crippen molar-refractivity contribution in [2.45, 2.75) is 26.2 Å². The average Bonchev–Trinajstić information content (AvgIpc) is 2.54. The summed E-state index contributed by atoms with van der Waals surface area (Å²) in [4.78, 5) is 12.5. The van der Waals surface area contributed by atoms with E-state index in [-0.39, 0.29) is 17.5 Å². The summed E-state index contributed by atoms with van der Waals surface area (Å²) >= 11 is 0. The number of carbonyl (C=O) groups excluding carboxylic acids is 1. The predicted octanol–water partition coefficient (Wildman–Crippen LogP) is 2.33. The van der Waals surface area contributed by atoms with Gasteiger partial charge in [-0.3, -0.25) is 4.79 Å². The fourth-order valence-corrected chi connectivity index (χ4v) is 4.32. The zero-order valence-electron chi connectivity index (χ0n) is 13.1. The van der Waals surface area contributed by atoms with E-state index in [9.17, 15) is 13.2 Å². The van der Waals surface area contributed by atoms with Crippen LogP contribution in [-0.4, -0.2) is 44.5 Å². The molecule has 1 aliphatic heterocycles. The third-order valence-electron chi connectivity index (χ3n) is 4.05. The zero-order valence-corrected chi connectivity index (χ0v) is 13.9. The van der Waals surface area contributed by atoms with Crippen LogP contribution in [0.4, 0.5) is 0 Å². The van der Waals surface area contributed by atoms with Crippen molar-refractivity contribution >= 4 is 15.8 Å². The first-order valence-electron chi connectivity index (χ1n) is 7.64. The molecule has 2 rings (SSSR count). The van der Waals surface area contributed by atoms with Gasteiger partial charge in [0.05, 0.1) is 12.9 Å². The van der Waals surface area contributed by atoms with Crippen LogP contribution in [0.15, 0.2) is 24.3 Å². The molecule has 1 aromatic carbocycles. The van der Waals surface area contributed by atoms with Gasteiger partial charge in [-0.05, 0) is 43.5 Å². The smallest absolute Gasteiger partial charge is 0.214 e. The number of hydrogen-bond acceptors (Lipinski definition) is 4. The summed E-state index contributed by atoms with van der Waals surface area (Å²) in [5.74, 6) is 0.901. The van der Waals surface area contributed by atoms with Crippen molar-refractivity contribution in [3.05, 3.63) is 29.8 Å². The van der Waals surface area contributed by atoms with Crippen LogP contribution in [0.2, 0.25) is 0 Å². The maximum Gasteiger partial charge on any atom is 0.214 e. The molecule has 1 fully saturated rings. The van der Waals surface area contributed by atoms with Crippen molar-refractivity contribution < 1.29 is 17.9 Å². The highest BCUT2D eigenvalue weighted by molar-refractivity contribution is 7.89. The second-order valence-electron chi connectivity index (χ2n) is 5.58. The highest BCUT2D eigenvalue weighted by Crippen LogP contribution is 2.24. The molecule has 5 nitrogen and oxygen atoms in total.